The van der Waals surface area contributed by atoms with Gasteiger partial charge in [-0.1, -0.05) is 6.07 Å². The van der Waals surface area contributed by atoms with E-state index in [4.69, 9.17) is 18.9 Å². The lowest BCUT2D eigenvalue weighted by atomic mass is 10.1. The zero-order valence-corrected chi connectivity index (χ0v) is 18.1. The highest BCUT2D eigenvalue weighted by Gasteiger charge is 2.24. The number of carbonyl (C=O) groups is 1. The van der Waals surface area contributed by atoms with Crippen molar-refractivity contribution in [2.24, 2.45) is 0 Å². The minimum atomic E-state index is 0.0398. The second kappa shape index (κ2) is 9.22. The SMILES string of the molecule is COc1ccc(-c2nc(CN3CCN(C(=O)c4cccc(OC)c4)CC3)c(C)o2)cc1. The largest absolute Gasteiger partial charge is 0.497 e. The van der Waals surface area contributed by atoms with E-state index in [1.165, 1.54) is 0 Å². The molecular weight excluding hydrogens is 394 g/mol. The fraction of sp³-hybridized carbons (Fsp3) is 0.333. The monoisotopic (exact) mass is 421 g/mol. The number of amides is 1. The molecule has 0 aliphatic carbocycles. The molecule has 0 N–H and O–H groups in total. The Hall–Kier alpha value is -3.32. The molecule has 0 bridgehead atoms. The van der Waals surface area contributed by atoms with Gasteiger partial charge in [0, 0.05) is 43.9 Å². The predicted octanol–water partition coefficient (Wildman–Crippen LogP) is 3.63. The molecule has 4 rings (SSSR count). The van der Waals surface area contributed by atoms with Crippen molar-refractivity contribution >= 4 is 5.91 Å². The normalized spacial score (nSPS) is 14.5. The highest BCUT2D eigenvalue weighted by molar-refractivity contribution is 5.94. The number of hydrogen-bond acceptors (Lipinski definition) is 6. The predicted molar refractivity (Wildman–Crippen MR) is 117 cm³/mol. The van der Waals surface area contributed by atoms with Crippen LogP contribution in [0.25, 0.3) is 11.5 Å². The molecule has 0 spiro atoms. The number of methoxy groups -OCH3 is 2. The van der Waals surface area contributed by atoms with Crippen LogP contribution in [-0.4, -0.2) is 61.1 Å². The number of aryl methyl sites for hydroxylation is 1. The molecule has 0 atom stereocenters. The van der Waals surface area contributed by atoms with Crippen molar-refractivity contribution in [1.82, 2.24) is 14.8 Å². The number of nitrogens with zero attached hydrogens (tertiary/aromatic N) is 3. The van der Waals surface area contributed by atoms with E-state index in [-0.39, 0.29) is 5.91 Å². The Morgan fingerprint density at radius 2 is 1.71 bits per heavy atom. The van der Waals surface area contributed by atoms with Gasteiger partial charge in [0.1, 0.15) is 17.3 Å². The van der Waals surface area contributed by atoms with Gasteiger partial charge in [0.15, 0.2) is 0 Å². The van der Waals surface area contributed by atoms with Crippen LogP contribution in [0.2, 0.25) is 0 Å². The van der Waals surface area contributed by atoms with Crippen LogP contribution in [0, 0.1) is 6.92 Å². The smallest absolute Gasteiger partial charge is 0.254 e. The number of hydrogen-bond donors (Lipinski definition) is 0. The van der Waals surface area contributed by atoms with Gasteiger partial charge in [-0.05, 0) is 49.4 Å². The first-order valence-corrected chi connectivity index (χ1v) is 10.3. The van der Waals surface area contributed by atoms with Crippen LogP contribution >= 0.6 is 0 Å². The van der Waals surface area contributed by atoms with Crippen LogP contribution in [0.1, 0.15) is 21.8 Å². The van der Waals surface area contributed by atoms with Crippen molar-refractivity contribution in [3.05, 3.63) is 65.5 Å². The average Bonchev–Trinajstić information content (AvgIpc) is 3.19. The number of benzene rings is 2. The Kier molecular flexibility index (Phi) is 6.23. The second-order valence-electron chi connectivity index (χ2n) is 7.55. The maximum Gasteiger partial charge on any atom is 0.254 e. The molecule has 0 unspecified atom stereocenters. The number of aromatic nitrogens is 1. The molecule has 0 radical (unpaired) electrons. The van der Waals surface area contributed by atoms with Gasteiger partial charge in [0.05, 0.1) is 19.9 Å². The van der Waals surface area contributed by atoms with E-state index >= 15 is 0 Å². The van der Waals surface area contributed by atoms with Gasteiger partial charge < -0.3 is 18.8 Å². The summed E-state index contributed by atoms with van der Waals surface area (Å²) in [5.74, 6) is 2.97. The standard InChI is InChI=1S/C24H27N3O4/c1-17-22(25-23(31-17)18-7-9-20(29-2)10-8-18)16-26-11-13-27(14-12-26)24(28)19-5-4-6-21(15-19)30-3/h4-10,15H,11-14,16H2,1-3H3. The summed E-state index contributed by atoms with van der Waals surface area (Å²) in [4.78, 5) is 21.7. The van der Waals surface area contributed by atoms with Crippen LogP contribution < -0.4 is 9.47 Å². The molecule has 162 valence electrons. The van der Waals surface area contributed by atoms with Crippen LogP contribution in [0.15, 0.2) is 52.9 Å². The second-order valence-corrected chi connectivity index (χ2v) is 7.55. The average molecular weight is 421 g/mol. The van der Waals surface area contributed by atoms with E-state index in [1.54, 1.807) is 20.3 Å². The zero-order chi connectivity index (χ0) is 21.8. The summed E-state index contributed by atoms with van der Waals surface area (Å²) in [7, 11) is 3.25. The molecule has 1 fully saturated rings. The van der Waals surface area contributed by atoms with Crippen molar-refractivity contribution in [3.8, 4) is 23.0 Å². The van der Waals surface area contributed by atoms with Crippen LogP contribution in [0.3, 0.4) is 0 Å². The first-order chi connectivity index (χ1) is 15.1. The third-order valence-corrected chi connectivity index (χ3v) is 5.58. The highest BCUT2D eigenvalue weighted by atomic mass is 16.5. The van der Waals surface area contributed by atoms with Gasteiger partial charge in [-0.2, -0.15) is 0 Å². The first kappa shape index (κ1) is 20.9. The van der Waals surface area contributed by atoms with Crippen molar-refractivity contribution in [3.63, 3.8) is 0 Å². The van der Waals surface area contributed by atoms with Gasteiger partial charge in [-0.3, -0.25) is 9.69 Å². The van der Waals surface area contributed by atoms with Gasteiger partial charge in [-0.15, -0.1) is 0 Å². The van der Waals surface area contributed by atoms with E-state index in [0.717, 1.165) is 35.9 Å². The molecule has 2 heterocycles. The van der Waals surface area contributed by atoms with E-state index in [0.29, 0.717) is 36.8 Å². The Labute approximate surface area is 182 Å². The maximum atomic E-state index is 12.8. The fourth-order valence-electron chi connectivity index (χ4n) is 3.69. The molecular formula is C24H27N3O4. The number of oxazole rings is 1. The van der Waals surface area contributed by atoms with Crippen LogP contribution in [-0.2, 0) is 6.54 Å². The summed E-state index contributed by atoms with van der Waals surface area (Å²) in [5, 5.41) is 0. The van der Waals surface area contributed by atoms with Crippen molar-refractivity contribution in [2.75, 3.05) is 40.4 Å². The van der Waals surface area contributed by atoms with Crippen molar-refractivity contribution in [2.45, 2.75) is 13.5 Å². The minimum Gasteiger partial charge on any atom is -0.497 e. The van der Waals surface area contributed by atoms with E-state index in [1.807, 2.05) is 54.3 Å². The molecule has 1 amide bonds. The van der Waals surface area contributed by atoms with Crippen LogP contribution in [0.4, 0.5) is 0 Å². The lowest BCUT2D eigenvalue weighted by molar-refractivity contribution is 0.0626. The summed E-state index contributed by atoms with van der Waals surface area (Å²) in [6.45, 7) is 5.58. The Morgan fingerprint density at radius 3 is 2.39 bits per heavy atom. The zero-order valence-electron chi connectivity index (χ0n) is 18.1. The van der Waals surface area contributed by atoms with Gasteiger partial charge in [0.25, 0.3) is 5.91 Å². The number of rotatable bonds is 6. The van der Waals surface area contributed by atoms with E-state index in [2.05, 4.69) is 4.90 Å². The summed E-state index contributed by atoms with van der Waals surface area (Å²) in [6.07, 6.45) is 0. The molecule has 1 aromatic heterocycles. The third-order valence-electron chi connectivity index (χ3n) is 5.58. The molecule has 1 aliphatic heterocycles. The third kappa shape index (κ3) is 4.72. The number of piperazine rings is 1. The molecule has 7 heteroatoms. The van der Waals surface area contributed by atoms with Crippen molar-refractivity contribution < 1.29 is 18.7 Å². The highest BCUT2D eigenvalue weighted by Crippen LogP contribution is 2.25. The topological polar surface area (TPSA) is 68.0 Å². The summed E-state index contributed by atoms with van der Waals surface area (Å²) < 4.78 is 16.3. The van der Waals surface area contributed by atoms with Crippen LogP contribution in [0.5, 0.6) is 11.5 Å². The molecule has 7 nitrogen and oxygen atoms in total. The molecule has 0 saturated carbocycles. The molecule has 3 aromatic rings. The molecule has 1 aliphatic rings. The molecule has 1 saturated heterocycles. The Morgan fingerprint density at radius 1 is 1.00 bits per heavy atom. The number of carbonyl (C=O) groups excluding carboxylic acids is 1. The number of ether oxygens (including phenoxy) is 2. The van der Waals surface area contributed by atoms with E-state index < -0.39 is 0 Å². The molecule has 2 aromatic carbocycles. The summed E-state index contributed by atoms with van der Waals surface area (Å²) in [5.41, 5.74) is 2.51. The lowest BCUT2D eigenvalue weighted by Gasteiger charge is -2.34. The van der Waals surface area contributed by atoms with Gasteiger partial charge in [0.2, 0.25) is 5.89 Å². The van der Waals surface area contributed by atoms with E-state index in [9.17, 15) is 4.79 Å². The Balaban J connectivity index is 1.36. The maximum absolute atomic E-state index is 12.8. The van der Waals surface area contributed by atoms with Gasteiger partial charge >= 0.3 is 0 Å². The first-order valence-electron chi connectivity index (χ1n) is 10.3. The lowest BCUT2D eigenvalue weighted by Crippen LogP contribution is -2.48. The quantitative estimate of drug-likeness (QED) is 0.606. The minimum absolute atomic E-state index is 0.0398. The fourth-order valence-corrected chi connectivity index (χ4v) is 3.69. The van der Waals surface area contributed by atoms with Crippen molar-refractivity contribution in [1.29, 1.82) is 0 Å². The Bertz CT molecular complexity index is 1040. The molecule has 31 heavy (non-hydrogen) atoms. The van der Waals surface area contributed by atoms with Gasteiger partial charge in [-0.25, -0.2) is 4.98 Å². The summed E-state index contributed by atoms with van der Waals surface area (Å²) in [6, 6.07) is 15.0. The summed E-state index contributed by atoms with van der Waals surface area (Å²) >= 11 is 0.